The largest absolute Gasteiger partial charge is 0.323 e. The van der Waals surface area contributed by atoms with Crippen molar-refractivity contribution in [3.63, 3.8) is 0 Å². The van der Waals surface area contributed by atoms with E-state index in [0.717, 1.165) is 0 Å². The number of benzene rings is 3. The highest BCUT2D eigenvalue weighted by molar-refractivity contribution is 8.00. The predicted molar refractivity (Wildman–Crippen MR) is 91.2 cm³/mol. The van der Waals surface area contributed by atoms with Gasteiger partial charge in [-0.3, -0.25) is 0 Å². The number of para-hydroxylation sites is 1. The second-order valence-electron chi connectivity index (χ2n) is 5.42. The van der Waals surface area contributed by atoms with E-state index >= 15 is 0 Å². The summed E-state index contributed by atoms with van der Waals surface area (Å²) in [7, 11) is 0. The molecule has 0 amide bonds. The fraction of sp³-hybridized carbons (Fsp3) is 0.0526. The van der Waals surface area contributed by atoms with Crippen LogP contribution in [0, 0.1) is 0 Å². The maximum Gasteiger partial charge on any atom is 0.103 e. The molecule has 2 aliphatic rings. The molecule has 2 heteroatoms. The highest BCUT2D eigenvalue weighted by atomic mass is 32.2. The lowest BCUT2D eigenvalue weighted by Crippen LogP contribution is -2.25. The number of fused-ring (bicyclic) bond motifs is 7. The zero-order chi connectivity index (χ0) is 13.8. The van der Waals surface area contributed by atoms with Crippen LogP contribution < -0.4 is 4.90 Å². The van der Waals surface area contributed by atoms with E-state index in [0.29, 0.717) is 5.37 Å². The minimum Gasteiger partial charge on any atom is -0.323 e. The molecule has 21 heavy (non-hydrogen) atoms. The Morgan fingerprint density at radius 1 is 0.810 bits per heavy atom. The number of nitrogens with zero attached hydrogens (tertiary/aromatic N) is 1. The third-order valence-electron chi connectivity index (χ3n) is 4.26. The molecule has 0 bridgehead atoms. The van der Waals surface area contributed by atoms with E-state index in [4.69, 9.17) is 0 Å². The first-order valence-electron chi connectivity index (χ1n) is 7.17. The quantitative estimate of drug-likeness (QED) is 0.542. The van der Waals surface area contributed by atoms with Crippen LogP contribution in [0.4, 0.5) is 11.4 Å². The molecule has 2 heterocycles. The van der Waals surface area contributed by atoms with Crippen LogP contribution in [0.5, 0.6) is 0 Å². The summed E-state index contributed by atoms with van der Waals surface area (Å²) in [6, 6.07) is 21.8. The topological polar surface area (TPSA) is 3.24 Å². The number of thioether (sulfide) groups is 1. The van der Waals surface area contributed by atoms with E-state index < -0.39 is 0 Å². The minimum absolute atomic E-state index is 0.385. The molecule has 3 aromatic rings. The second kappa shape index (κ2) is 4.15. The number of hydrogen-bond acceptors (Lipinski definition) is 2. The first-order valence-corrected chi connectivity index (χ1v) is 8.05. The van der Waals surface area contributed by atoms with Crippen molar-refractivity contribution in [2.24, 2.45) is 0 Å². The van der Waals surface area contributed by atoms with E-state index in [9.17, 15) is 0 Å². The van der Waals surface area contributed by atoms with Gasteiger partial charge in [-0.1, -0.05) is 66.4 Å². The molecule has 0 fully saturated rings. The second-order valence-corrected chi connectivity index (χ2v) is 6.58. The van der Waals surface area contributed by atoms with Gasteiger partial charge < -0.3 is 4.90 Å². The maximum atomic E-state index is 2.46. The normalized spacial score (nSPS) is 18.5. The van der Waals surface area contributed by atoms with Crippen LogP contribution in [0.1, 0.15) is 5.56 Å². The lowest BCUT2D eigenvalue weighted by atomic mass is 9.99. The fourth-order valence-corrected chi connectivity index (χ4v) is 4.51. The Labute approximate surface area is 127 Å². The monoisotopic (exact) mass is 287 g/mol. The summed E-state index contributed by atoms with van der Waals surface area (Å²) in [5, 5.41) is 3.02. The van der Waals surface area contributed by atoms with Crippen LogP contribution in [0.25, 0.3) is 16.8 Å². The molecule has 2 aliphatic heterocycles. The molecule has 0 saturated heterocycles. The SMILES string of the molecule is C1=CC2Sc3ccccc3N2c2ccc3ccccc3c21. The van der Waals surface area contributed by atoms with E-state index in [1.165, 1.54) is 32.6 Å². The zero-order valence-electron chi connectivity index (χ0n) is 11.4. The van der Waals surface area contributed by atoms with Crippen LogP contribution in [-0.2, 0) is 0 Å². The Morgan fingerprint density at radius 2 is 1.67 bits per heavy atom. The molecule has 100 valence electrons. The van der Waals surface area contributed by atoms with Gasteiger partial charge in [0.25, 0.3) is 0 Å². The molecular formula is C19H13NS. The van der Waals surface area contributed by atoms with Crippen molar-refractivity contribution in [1.82, 2.24) is 0 Å². The average molecular weight is 287 g/mol. The van der Waals surface area contributed by atoms with Crippen molar-refractivity contribution >= 4 is 40.0 Å². The summed E-state index contributed by atoms with van der Waals surface area (Å²) in [6.07, 6.45) is 4.61. The maximum absolute atomic E-state index is 2.46. The molecule has 0 aromatic heterocycles. The third-order valence-corrected chi connectivity index (χ3v) is 5.47. The first kappa shape index (κ1) is 11.5. The van der Waals surface area contributed by atoms with Crippen molar-refractivity contribution in [3.05, 3.63) is 72.3 Å². The summed E-state index contributed by atoms with van der Waals surface area (Å²) in [5.41, 5.74) is 3.98. The molecule has 1 nitrogen and oxygen atoms in total. The van der Waals surface area contributed by atoms with Crippen molar-refractivity contribution in [2.45, 2.75) is 10.3 Å². The van der Waals surface area contributed by atoms with Gasteiger partial charge in [-0.2, -0.15) is 0 Å². The van der Waals surface area contributed by atoms with Gasteiger partial charge >= 0.3 is 0 Å². The molecule has 0 aliphatic carbocycles. The van der Waals surface area contributed by atoms with Gasteiger partial charge in [0.2, 0.25) is 0 Å². The highest BCUT2D eigenvalue weighted by Gasteiger charge is 2.32. The van der Waals surface area contributed by atoms with Gasteiger partial charge in [-0.25, -0.2) is 0 Å². The van der Waals surface area contributed by atoms with Gasteiger partial charge in [0, 0.05) is 10.5 Å². The Bertz CT molecular complexity index is 897. The molecule has 0 saturated carbocycles. The van der Waals surface area contributed by atoms with Crippen LogP contribution in [-0.4, -0.2) is 5.37 Å². The van der Waals surface area contributed by atoms with Gasteiger partial charge in [0.1, 0.15) is 5.37 Å². The number of hydrogen-bond donors (Lipinski definition) is 0. The van der Waals surface area contributed by atoms with Gasteiger partial charge in [-0.05, 0) is 29.0 Å². The lowest BCUT2D eigenvalue weighted by Gasteiger charge is -2.30. The third kappa shape index (κ3) is 1.54. The lowest BCUT2D eigenvalue weighted by molar-refractivity contribution is 1.04. The Morgan fingerprint density at radius 3 is 2.67 bits per heavy atom. The van der Waals surface area contributed by atoms with Crippen molar-refractivity contribution in [3.8, 4) is 0 Å². The van der Waals surface area contributed by atoms with E-state index in [1.807, 2.05) is 11.8 Å². The molecule has 5 rings (SSSR count). The molecule has 1 unspecified atom stereocenters. The highest BCUT2D eigenvalue weighted by Crippen LogP contribution is 2.51. The van der Waals surface area contributed by atoms with Crippen LogP contribution >= 0.6 is 11.8 Å². The molecule has 1 atom stereocenters. The van der Waals surface area contributed by atoms with Crippen molar-refractivity contribution < 1.29 is 0 Å². The first-order chi connectivity index (χ1) is 10.4. The molecule has 0 spiro atoms. The average Bonchev–Trinajstić information content (AvgIpc) is 2.93. The molecule has 0 N–H and O–H groups in total. The molecule has 0 radical (unpaired) electrons. The Balaban J connectivity index is 1.81. The van der Waals surface area contributed by atoms with Crippen molar-refractivity contribution in [2.75, 3.05) is 4.90 Å². The van der Waals surface area contributed by atoms with Crippen LogP contribution in [0.15, 0.2) is 71.6 Å². The van der Waals surface area contributed by atoms with Gasteiger partial charge in [-0.15, -0.1) is 0 Å². The number of rotatable bonds is 0. The summed E-state index contributed by atoms with van der Waals surface area (Å²) in [5.74, 6) is 0. The van der Waals surface area contributed by atoms with Gasteiger partial charge in [0.15, 0.2) is 0 Å². The zero-order valence-corrected chi connectivity index (χ0v) is 12.2. The van der Waals surface area contributed by atoms with E-state index in [1.54, 1.807) is 0 Å². The molecular weight excluding hydrogens is 274 g/mol. The van der Waals surface area contributed by atoms with E-state index in [-0.39, 0.29) is 0 Å². The van der Waals surface area contributed by atoms with E-state index in [2.05, 4.69) is 77.7 Å². The summed E-state index contributed by atoms with van der Waals surface area (Å²) >= 11 is 1.93. The Kier molecular flexibility index (Phi) is 2.27. The predicted octanol–water partition coefficient (Wildman–Crippen LogP) is 5.44. The van der Waals surface area contributed by atoms with Crippen molar-refractivity contribution in [1.29, 1.82) is 0 Å². The Hall–Kier alpha value is -2.19. The molecule has 3 aromatic carbocycles. The summed E-state index contributed by atoms with van der Waals surface area (Å²) in [4.78, 5) is 3.83. The fourth-order valence-electron chi connectivity index (χ4n) is 3.32. The van der Waals surface area contributed by atoms with Crippen LogP contribution in [0.3, 0.4) is 0 Å². The number of anilines is 2. The minimum atomic E-state index is 0.385. The standard InChI is InChI=1S/C19H13NS/c1-2-6-14-13(5-1)9-11-16-15(14)10-12-19-20(16)17-7-3-4-8-18(17)21-19/h1-12,19H. The summed E-state index contributed by atoms with van der Waals surface area (Å²) in [6.45, 7) is 0. The van der Waals surface area contributed by atoms with Crippen LogP contribution in [0.2, 0.25) is 0 Å². The van der Waals surface area contributed by atoms with Gasteiger partial charge in [0.05, 0.1) is 11.4 Å². The smallest absolute Gasteiger partial charge is 0.103 e. The summed E-state index contributed by atoms with van der Waals surface area (Å²) < 4.78 is 0.